The summed E-state index contributed by atoms with van der Waals surface area (Å²) in [6.45, 7) is 4.60. The lowest BCUT2D eigenvalue weighted by Crippen LogP contribution is -2.33. The molecule has 0 amide bonds. The predicted molar refractivity (Wildman–Crippen MR) is 93.1 cm³/mol. The highest BCUT2D eigenvalue weighted by Gasteiger charge is 2.35. The van der Waals surface area contributed by atoms with Gasteiger partial charge in [0.15, 0.2) is 11.6 Å². The van der Waals surface area contributed by atoms with Gasteiger partial charge < -0.3 is 5.11 Å². The molecule has 0 aromatic heterocycles. The average Bonchev–Trinajstić information content (AvgIpc) is 2.60. The molecule has 1 aromatic carbocycles. The van der Waals surface area contributed by atoms with Crippen molar-refractivity contribution in [3.05, 3.63) is 28.8 Å². The number of aromatic hydroxyl groups is 1. The standard InChI is InChI=1S/C21H30F2O/c1-3-6-14-7-4-5-8-17(14)13(2)15-9-10-16-12-19(24)21(23)20(22)18(16)11-15/h12-15,17,24H,3-11H2,1-2H3. The van der Waals surface area contributed by atoms with Crippen LogP contribution in [0.1, 0.15) is 69.9 Å². The van der Waals surface area contributed by atoms with Crippen LogP contribution in [0.15, 0.2) is 6.07 Å². The van der Waals surface area contributed by atoms with E-state index in [-0.39, 0.29) is 0 Å². The molecule has 1 fully saturated rings. The molecule has 0 aliphatic heterocycles. The molecule has 4 atom stereocenters. The molecule has 0 radical (unpaired) electrons. The zero-order chi connectivity index (χ0) is 17.3. The van der Waals surface area contributed by atoms with Crippen molar-refractivity contribution in [1.82, 2.24) is 0 Å². The predicted octanol–water partition coefficient (Wildman–Crippen LogP) is 6.02. The van der Waals surface area contributed by atoms with Gasteiger partial charge in [0.1, 0.15) is 0 Å². The van der Waals surface area contributed by atoms with Crippen LogP contribution < -0.4 is 0 Å². The Balaban J connectivity index is 1.78. The van der Waals surface area contributed by atoms with E-state index in [1.807, 2.05) is 0 Å². The Morgan fingerprint density at radius 1 is 1.17 bits per heavy atom. The molecule has 0 saturated heterocycles. The number of hydrogen-bond acceptors (Lipinski definition) is 1. The Labute approximate surface area is 144 Å². The number of benzene rings is 1. The van der Waals surface area contributed by atoms with Gasteiger partial charge in [-0.3, -0.25) is 0 Å². The highest BCUT2D eigenvalue weighted by Crippen LogP contribution is 2.44. The Morgan fingerprint density at radius 3 is 2.67 bits per heavy atom. The fraction of sp³-hybridized carbons (Fsp3) is 0.714. The van der Waals surface area contributed by atoms with Gasteiger partial charge in [-0.05, 0) is 66.5 Å². The minimum absolute atomic E-state index is 0.429. The summed E-state index contributed by atoms with van der Waals surface area (Å²) in [7, 11) is 0. The molecule has 3 heteroatoms. The van der Waals surface area contributed by atoms with Gasteiger partial charge in [-0.25, -0.2) is 4.39 Å². The zero-order valence-electron chi connectivity index (χ0n) is 15.0. The van der Waals surface area contributed by atoms with Gasteiger partial charge in [0, 0.05) is 0 Å². The Hall–Kier alpha value is -1.12. The number of rotatable bonds is 4. The zero-order valence-corrected chi connectivity index (χ0v) is 15.0. The van der Waals surface area contributed by atoms with Crippen LogP contribution >= 0.6 is 0 Å². The van der Waals surface area contributed by atoms with E-state index < -0.39 is 17.4 Å². The molecule has 2 aliphatic carbocycles. The Bertz CT molecular complexity index is 582. The second-order valence-electron chi connectivity index (χ2n) is 8.02. The smallest absolute Gasteiger partial charge is 0.200 e. The van der Waals surface area contributed by atoms with Crippen LogP contribution in [0.4, 0.5) is 8.78 Å². The van der Waals surface area contributed by atoms with E-state index >= 15 is 0 Å². The summed E-state index contributed by atoms with van der Waals surface area (Å²) in [6, 6.07) is 1.43. The molecule has 2 aliphatic rings. The number of fused-ring (bicyclic) bond motifs is 1. The molecule has 1 aromatic rings. The number of hydrogen-bond donors (Lipinski definition) is 1. The number of phenols is 1. The second-order valence-corrected chi connectivity index (χ2v) is 8.02. The van der Waals surface area contributed by atoms with E-state index in [9.17, 15) is 13.9 Å². The SMILES string of the molecule is CCCC1CCCCC1C(C)C1CCc2cc(O)c(F)c(F)c2C1. The van der Waals surface area contributed by atoms with Crippen LogP contribution in [-0.2, 0) is 12.8 Å². The molecule has 1 N–H and O–H groups in total. The quantitative estimate of drug-likeness (QED) is 0.713. The van der Waals surface area contributed by atoms with Crippen LogP contribution in [0, 0.1) is 35.3 Å². The maximum Gasteiger partial charge on any atom is 0.200 e. The third-order valence-electron chi connectivity index (χ3n) is 6.68. The molecule has 0 spiro atoms. The minimum Gasteiger partial charge on any atom is -0.505 e. The van der Waals surface area contributed by atoms with Crippen LogP contribution in [0.25, 0.3) is 0 Å². The highest BCUT2D eigenvalue weighted by molar-refractivity contribution is 5.39. The first-order chi connectivity index (χ1) is 11.5. The van der Waals surface area contributed by atoms with Crippen molar-refractivity contribution >= 4 is 0 Å². The van der Waals surface area contributed by atoms with E-state index in [1.165, 1.54) is 44.6 Å². The van der Waals surface area contributed by atoms with E-state index in [4.69, 9.17) is 0 Å². The Kier molecular flexibility index (Phi) is 5.46. The van der Waals surface area contributed by atoms with Crippen molar-refractivity contribution in [3.63, 3.8) is 0 Å². The molecule has 24 heavy (non-hydrogen) atoms. The van der Waals surface area contributed by atoms with E-state index in [1.54, 1.807) is 0 Å². The van der Waals surface area contributed by atoms with Gasteiger partial charge in [-0.2, -0.15) is 4.39 Å². The van der Waals surface area contributed by atoms with Crippen molar-refractivity contribution in [1.29, 1.82) is 0 Å². The third kappa shape index (κ3) is 3.32. The van der Waals surface area contributed by atoms with Crippen LogP contribution in [0.2, 0.25) is 0 Å². The average molecular weight is 336 g/mol. The van der Waals surface area contributed by atoms with Gasteiger partial charge in [-0.1, -0.05) is 46.0 Å². The van der Waals surface area contributed by atoms with E-state index in [2.05, 4.69) is 13.8 Å². The lowest BCUT2D eigenvalue weighted by molar-refractivity contribution is 0.111. The first-order valence-corrected chi connectivity index (χ1v) is 9.71. The van der Waals surface area contributed by atoms with Crippen LogP contribution in [0.5, 0.6) is 5.75 Å². The molecule has 3 rings (SSSR count). The van der Waals surface area contributed by atoms with Gasteiger partial charge >= 0.3 is 0 Å². The molecule has 1 nitrogen and oxygen atoms in total. The summed E-state index contributed by atoms with van der Waals surface area (Å²) in [5, 5.41) is 9.51. The molecular weight excluding hydrogens is 306 g/mol. The molecule has 0 bridgehead atoms. The molecule has 1 saturated carbocycles. The van der Waals surface area contributed by atoms with Crippen LogP contribution in [0.3, 0.4) is 0 Å². The van der Waals surface area contributed by atoms with Crippen molar-refractivity contribution < 1.29 is 13.9 Å². The van der Waals surface area contributed by atoms with Crippen molar-refractivity contribution in [2.75, 3.05) is 0 Å². The van der Waals surface area contributed by atoms with Crippen molar-refractivity contribution in [2.24, 2.45) is 23.7 Å². The van der Waals surface area contributed by atoms with E-state index in [0.717, 1.165) is 30.2 Å². The topological polar surface area (TPSA) is 20.2 Å². The first kappa shape index (κ1) is 17.7. The fourth-order valence-electron chi connectivity index (χ4n) is 5.31. The molecule has 134 valence electrons. The summed E-state index contributed by atoms with van der Waals surface area (Å²) in [5.74, 6) is 0.0776. The number of halogens is 2. The monoisotopic (exact) mass is 336 g/mol. The fourth-order valence-corrected chi connectivity index (χ4v) is 5.31. The lowest BCUT2D eigenvalue weighted by atomic mass is 9.65. The maximum absolute atomic E-state index is 14.3. The normalized spacial score (nSPS) is 28.4. The molecule has 4 unspecified atom stereocenters. The largest absolute Gasteiger partial charge is 0.505 e. The van der Waals surface area contributed by atoms with Gasteiger partial charge in [0.2, 0.25) is 5.82 Å². The third-order valence-corrected chi connectivity index (χ3v) is 6.68. The highest BCUT2D eigenvalue weighted by atomic mass is 19.2. The first-order valence-electron chi connectivity index (χ1n) is 9.71. The number of aryl methyl sites for hydroxylation is 1. The maximum atomic E-state index is 14.3. The van der Waals surface area contributed by atoms with Crippen molar-refractivity contribution in [2.45, 2.75) is 71.6 Å². The molecular formula is C21H30F2O. The summed E-state index contributed by atoms with van der Waals surface area (Å²) in [6.07, 6.45) is 10.2. The second kappa shape index (κ2) is 7.41. The Morgan fingerprint density at radius 2 is 1.92 bits per heavy atom. The summed E-state index contributed by atoms with van der Waals surface area (Å²) < 4.78 is 28.0. The van der Waals surface area contributed by atoms with Crippen LogP contribution in [-0.4, -0.2) is 5.11 Å². The minimum atomic E-state index is -1.08. The van der Waals surface area contributed by atoms with Gasteiger partial charge in [-0.15, -0.1) is 0 Å². The molecule has 0 heterocycles. The summed E-state index contributed by atoms with van der Waals surface area (Å²) in [4.78, 5) is 0. The summed E-state index contributed by atoms with van der Waals surface area (Å²) >= 11 is 0. The van der Waals surface area contributed by atoms with Gasteiger partial charge in [0.25, 0.3) is 0 Å². The summed E-state index contributed by atoms with van der Waals surface area (Å²) in [5.41, 5.74) is 1.31. The lowest BCUT2D eigenvalue weighted by Gasteiger charge is -2.41. The van der Waals surface area contributed by atoms with Gasteiger partial charge in [0.05, 0.1) is 0 Å². The number of phenolic OH excluding ortho intramolecular Hbond substituents is 1. The van der Waals surface area contributed by atoms with Crippen molar-refractivity contribution in [3.8, 4) is 5.75 Å². The van der Waals surface area contributed by atoms with E-state index in [0.29, 0.717) is 23.8 Å².